The number of hydrogen-bond donors (Lipinski definition) is 1. The monoisotopic (exact) mass is 266 g/mol. The third-order valence-electron chi connectivity index (χ3n) is 4.15. The highest BCUT2D eigenvalue weighted by Crippen LogP contribution is 2.34. The summed E-state index contributed by atoms with van der Waals surface area (Å²) in [7, 11) is 0. The Morgan fingerprint density at radius 2 is 2.25 bits per heavy atom. The van der Waals surface area contributed by atoms with Gasteiger partial charge in [-0.2, -0.15) is 0 Å². The van der Waals surface area contributed by atoms with E-state index in [1.807, 2.05) is 12.4 Å². The molecule has 0 aromatic carbocycles. The van der Waals surface area contributed by atoms with Gasteiger partial charge in [-0.25, -0.2) is 4.98 Å². The molecular formula is C16H18N4. The minimum Gasteiger partial charge on any atom is -0.366 e. The Balaban J connectivity index is 1.76. The highest BCUT2D eigenvalue weighted by Gasteiger charge is 2.28. The third-order valence-corrected chi connectivity index (χ3v) is 4.15. The van der Waals surface area contributed by atoms with Gasteiger partial charge in [-0.05, 0) is 43.5 Å². The molecule has 1 atom stereocenters. The molecule has 0 aliphatic carbocycles. The van der Waals surface area contributed by atoms with Crippen molar-refractivity contribution in [2.75, 3.05) is 23.3 Å². The molecule has 2 bridgehead atoms. The van der Waals surface area contributed by atoms with Crippen LogP contribution in [0.5, 0.6) is 0 Å². The van der Waals surface area contributed by atoms with Crippen molar-refractivity contribution in [3.05, 3.63) is 36.2 Å². The van der Waals surface area contributed by atoms with Crippen molar-refractivity contribution in [1.29, 1.82) is 0 Å². The largest absolute Gasteiger partial charge is 0.366 e. The predicted molar refractivity (Wildman–Crippen MR) is 81.1 cm³/mol. The summed E-state index contributed by atoms with van der Waals surface area (Å²) in [6, 6.07) is 6.97. The number of piperidine rings is 1. The molecule has 1 fully saturated rings. The molecular weight excluding hydrogens is 248 g/mol. The molecule has 0 amide bonds. The van der Waals surface area contributed by atoms with Crippen LogP contribution in [0, 0.1) is 6.92 Å². The number of nitrogens with zero attached hydrogens (tertiary/aromatic N) is 3. The minimum absolute atomic E-state index is 0.551. The Morgan fingerprint density at radius 1 is 1.30 bits per heavy atom. The van der Waals surface area contributed by atoms with Crippen LogP contribution >= 0.6 is 0 Å². The number of anilines is 2. The molecule has 0 saturated carbocycles. The second kappa shape index (κ2) is 4.47. The summed E-state index contributed by atoms with van der Waals surface area (Å²) < 4.78 is 0. The van der Waals surface area contributed by atoms with E-state index in [-0.39, 0.29) is 0 Å². The van der Waals surface area contributed by atoms with E-state index < -0.39 is 0 Å². The number of nitrogens with one attached hydrogen (secondary N) is 1. The predicted octanol–water partition coefficient (Wildman–Crippen LogP) is 2.85. The molecule has 20 heavy (non-hydrogen) atoms. The number of fused-ring (bicyclic) bond motifs is 4. The molecule has 102 valence electrons. The van der Waals surface area contributed by atoms with E-state index in [0.29, 0.717) is 6.04 Å². The molecule has 1 N–H and O–H groups in total. The van der Waals surface area contributed by atoms with Gasteiger partial charge in [-0.1, -0.05) is 0 Å². The van der Waals surface area contributed by atoms with Gasteiger partial charge in [0.15, 0.2) is 5.82 Å². The van der Waals surface area contributed by atoms with Gasteiger partial charge in [-0.15, -0.1) is 0 Å². The standard InChI is InChI=1S/C16H18N4/c1-11-7-12(9-17-8-11)14-4-5-15-16(19-14)18-13-3-2-6-20(15)10-13/h4-5,7-9,13H,2-3,6,10H2,1H3,(H,18,19). The Hall–Kier alpha value is -2.10. The van der Waals surface area contributed by atoms with Crippen LogP contribution < -0.4 is 10.2 Å². The first-order valence-electron chi connectivity index (χ1n) is 7.24. The highest BCUT2D eigenvalue weighted by atomic mass is 15.2. The van der Waals surface area contributed by atoms with Crippen molar-refractivity contribution >= 4 is 11.5 Å². The van der Waals surface area contributed by atoms with Crippen molar-refractivity contribution < 1.29 is 0 Å². The zero-order chi connectivity index (χ0) is 13.5. The Bertz CT molecular complexity index is 653. The highest BCUT2D eigenvalue weighted by molar-refractivity contribution is 5.74. The fraction of sp³-hybridized carbons (Fsp3) is 0.375. The lowest BCUT2D eigenvalue weighted by Gasteiger charge is -2.40. The van der Waals surface area contributed by atoms with Gasteiger partial charge in [0.2, 0.25) is 0 Å². The topological polar surface area (TPSA) is 41.1 Å². The van der Waals surface area contributed by atoms with Crippen LogP contribution in [0.25, 0.3) is 11.3 Å². The van der Waals surface area contributed by atoms with Gasteiger partial charge in [0.05, 0.1) is 11.4 Å². The quantitative estimate of drug-likeness (QED) is 0.861. The molecule has 2 aliphatic rings. The molecule has 4 heteroatoms. The van der Waals surface area contributed by atoms with Crippen LogP contribution in [0.4, 0.5) is 11.5 Å². The fourth-order valence-electron chi connectivity index (χ4n) is 3.18. The van der Waals surface area contributed by atoms with Gasteiger partial charge in [0.1, 0.15) is 0 Å². The number of rotatable bonds is 1. The second-order valence-electron chi connectivity index (χ2n) is 5.74. The number of hydrogen-bond acceptors (Lipinski definition) is 4. The minimum atomic E-state index is 0.551. The summed E-state index contributed by atoms with van der Waals surface area (Å²) in [5, 5.41) is 3.58. The summed E-state index contributed by atoms with van der Waals surface area (Å²) in [6.45, 7) is 4.32. The van der Waals surface area contributed by atoms with Gasteiger partial charge >= 0.3 is 0 Å². The average molecular weight is 266 g/mol. The number of aryl methyl sites for hydroxylation is 1. The molecule has 2 aromatic rings. The summed E-state index contributed by atoms with van der Waals surface area (Å²) in [5.74, 6) is 1.03. The van der Waals surface area contributed by atoms with Crippen molar-refractivity contribution in [3.63, 3.8) is 0 Å². The Kier molecular flexibility index (Phi) is 2.62. The van der Waals surface area contributed by atoms with Crippen LogP contribution in [0.15, 0.2) is 30.6 Å². The first kappa shape index (κ1) is 11.7. The van der Waals surface area contributed by atoms with Gasteiger partial charge in [0.25, 0.3) is 0 Å². The normalized spacial score (nSPS) is 20.2. The Labute approximate surface area is 118 Å². The lowest BCUT2D eigenvalue weighted by Crippen LogP contribution is -2.46. The van der Waals surface area contributed by atoms with E-state index in [1.165, 1.54) is 18.5 Å². The van der Waals surface area contributed by atoms with E-state index in [1.54, 1.807) is 0 Å². The van der Waals surface area contributed by atoms with E-state index >= 15 is 0 Å². The zero-order valence-electron chi connectivity index (χ0n) is 11.6. The number of aromatic nitrogens is 2. The molecule has 2 aliphatic heterocycles. The zero-order valence-corrected chi connectivity index (χ0v) is 11.6. The van der Waals surface area contributed by atoms with Crippen LogP contribution in [0.2, 0.25) is 0 Å². The molecule has 0 radical (unpaired) electrons. The summed E-state index contributed by atoms with van der Waals surface area (Å²) in [4.78, 5) is 11.5. The lowest BCUT2D eigenvalue weighted by molar-refractivity contribution is 0.516. The molecule has 4 rings (SSSR count). The van der Waals surface area contributed by atoms with Gasteiger partial charge < -0.3 is 10.2 Å². The molecule has 0 spiro atoms. The second-order valence-corrected chi connectivity index (χ2v) is 5.74. The molecule has 4 heterocycles. The van der Waals surface area contributed by atoms with Crippen LogP contribution in [-0.4, -0.2) is 29.1 Å². The van der Waals surface area contributed by atoms with Crippen molar-refractivity contribution in [1.82, 2.24) is 9.97 Å². The summed E-state index contributed by atoms with van der Waals surface area (Å²) in [6.07, 6.45) is 6.26. The summed E-state index contributed by atoms with van der Waals surface area (Å²) in [5.41, 5.74) is 4.48. The Morgan fingerprint density at radius 3 is 3.15 bits per heavy atom. The van der Waals surface area contributed by atoms with Gasteiger partial charge in [-0.3, -0.25) is 4.98 Å². The molecule has 2 aromatic heterocycles. The van der Waals surface area contributed by atoms with Crippen molar-refractivity contribution in [2.45, 2.75) is 25.8 Å². The number of pyridine rings is 2. The van der Waals surface area contributed by atoms with Crippen LogP contribution in [-0.2, 0) is 0 Å². The first-order valence-corrected chi connectivity index (χ1v) is 7.24. The van der Waals surface area contributed by atoms with Gasteiger partial charge in [0, 0.05) is 37.1 Å². The first-order chi connectivity index (χ1) is 9.79. The van der Waals surface area contributed by atoms with E-state index in [0.717, 1.165) is 35.7 Å². The molecule has 4 nitrogen and oxygen atoms in total. The van der Waals surface area contributed by atoms with Crippen LogP contribution in [0.1, 0.15) is 18.4 Å². The van der Waals surface area contributed by atoms with E-state index in [2.05, 4.69) is 40.3 Å². The van der Waals surface area contributed by atoms with Crippen LogP contribution in [0.3, 0.4) is 0 Å². The van der Waals surface area contributed by atoms with E-state index in [9.17, 15) is 0 Å². The molecule has 1 unspecified atom stereocenters. The summed E-state index contributed by atoms with van der Waals surface area (Å²) >= 11 is 0. The SMILES string of the molecule is Cc1cncc(-c2ccc3c(n2)NC2CCCN3C2)c1. The maximum absolute atomic E-state index is 4.81. The smallest absolute Gasteiger partial charge is 0.150 e. The fourth-order valence-corrected chi connectivity index (χ4v) is 3.18. The maximum atomic E-state index is 4.81. The average Bonchev–Trinajstić information content (AvgIpc) is 2.47. The molecule has 1 saturated heterocycles. The third kappa shape index (κ3) is 1.92. The lowest BCUT2D eigenvalue weighted by atomic mass is 10.0. The van der Waals surface area contributed by atoms with E-state index in [4.69, 9.17) is 4.98 Å². The van der Waals surface area contributed by atoms with Crippen molar-refractivity contribution in [2.24, 2.45) is 0 Å². The maximum Gasteiger partial charge on any atom is 0.150 e. The van der Waals surface area contributed by atoms with Crippen molar-refractivity contribution in [3.8, 4) is 11.3 Å².